The van der Waals surface area contributed by atoms with Crippen LogP contribution < -0.4 is 18.9 Å². The van der Waals surface area contributed by atoms with Crippen molar-refractivity contribution in [3.8, 4) is 23.0 Å². The molecule has 0 unspecified atom stereocenters. The predicted molar refractivity (Wildman–Crippen MR) is 187 cm³/mol. The summed E-state index contributed by atoms with van der Waals surface area (Å²) in [6.07, 6.45) is 12.3. The molecule has 0 aromatic heterocycles. The van der Waals surface area contributed by atoms with Crippen LogP contribution in [0.4, 0.5) is 5.69 Å². The molecule has 0 aliphatic rings. The molecule has 4 aromatic carbocycles. The van der Waals surface area contributed by atoms with E-state index in [0.717, 1.165) is 42.7 Å². The molecule has 0 heterocycles. The molecule has 0 saturated heterocycles. The Morgan fingerprint density at radius 2 is 0.915 bits per heavy atom. The highest BCUT2D eigenvalue weighted by Crippen LogP contribution is 2.21. The lowest BCUT2D eigenvalue weighted by molar-refractivity contribution is 0.0725. The number of esters is 2. The van der Waals surface area contributed by atoms with Crippen LogP contribution in [-0.2, 0) is 0 Å². The zero-order chi connectivity index (χ0) is 33.1. The van der Waals surface area contributed by atoms with Gasteiger partial charge in [0.05, 0.1) is 30.0 Å². The fraction of sp³-hybridized carbons (Fsp3) is 0.325. The van der Waals surface area contributed by atoms with Crippen molar-refractivity contribution in [2.24, 2.45) is 4.99 Å². The second-order valence-electron chi connectivity index (χ2n) is 11.3. The van der Waals surface area contributed by atoms with Gasteiger partial charge in [-0.05, 0) is 115 Å². The van der Waals surface area contributed by atoms with E-state index in [1.807, 2.05) is 12.1 Å². The summed E-state index contributed by atoms with van der Waals surface area (Å²) < 4.78 is 22.5. The van der Waals surface area contributed by atoms with Crippen molar-refractivity contribution < 1.29 is 28.5 Å². The van der Waals surface area contributed by atoms with Gasteiger partial charge in [-0.3, -0.25) is 4.99 Å². The van der Waals surface area contributed by atoms with Crippen molar-refractivity contribution in [1.29, 1.82) is 0 Å². The number of unbranched alkanes of at least 4 members (excludes halogenated alkanes) is 7. The van der Waals surface area contributed by atoms with Gasteiger partial charge in [0, 0.05) is 6.21 Å². The van der Waals surface area contributed by atoms with Gasteiger partial charge < -0.3 is 18.9 Å². The van der Waals surface area contributed by atoms with Crippen molar-refractivity contribution in [3.05, 3.63) is 114 Å². The molecule has 0 aliphatic carbocycles. The molecule has 4 aromatic rings. The van der Waals surface area contributed by atoms with Gasteiger partial charge in [0.1, 0.15) is 23.0 Å². The van der Waals surface area contributed by atoms with Crippen LogP contribution in [0.3, 0.4) is 0 Å². The SMILES string of the molecule is CCCCCCCCOc1ccc(C(=O)Oc2ccc(N=Cc3ccc(OC(=O)c4ccc(OCCCCC)cc4)cc3)cc2)cc1. The molecule has 0 bridgehead atoms. The molecular formula is C40H45NO6. The van der Waals surface area contributed by atoms with Crippen LogP contribution in [0.5, 0.6) is 23.0 Å². The highest BCUT2D eigenvalue weighted by atomic mass is 16.5. The summed E-state index contributed by atoms with van der Waals surface area (Å²) in [4.78, 5) is 29.7. The van der Waals surface area contributed by atoms with E-state index in [-0.39, 0.29) is 0 Å². The van der Waals surface area contributed by atoms with E-state index < -0.39 is 11.9 Å². The van der Waals surface area contributed by atoms with Crippen molar-refractivity contribution in [3.63, 3.8) is 0 Å². The van der Waals surface area contributed by atoms with Gasteiger partial charge >= 0.3 is 11.9 Å². The monoisotopic (exact) mass is 635 g/mol. The third kappa shape index (κ3) is 12.4. The van der Waals surface area contributed by atoms with Crippen LogP contribution in [0, 0.1) is 0 Å². The number of hydrogen-bond acceptors (Lipinski definition) is 7. The quantitative estimate of drug-likeness (QED) is 0.0441. The maximum Gasteiger partial charge on any atom is 0.343 e. The first-order chi connectivity index (χ1) is 23.0. The number of hydrogen-bond donors (Lipinski definition) is 0. The van der Waals surface area contributed by atoms with Crippen LogP contribution in [0.1, 0.15) is 97.9 Å². The minimum absolute atomic E-state index is 0.428. The van der Waals surface area contributed by atoms with E-state index >= 15 is 0 Å². The fourth-order valence-corrected chi connectivity index (χ4v) is 4.69. The molecule has 0 amide bonds. The summed E-state index contributed by atoms with van der Waals surface area (Å²) in [7, 11) is 0. The summed E-state index contributed by atoms with van der Waals surface area (Å²) in [6, 6.07) is 28.0. The molecule has 0 aliphatic heterocycles. The van der Waals surface area contributed by atoms with Crippen molar-refractivity contribution in [1.82, 2.24) is 0 Å². The van der Waals surface area contributed by atoms with Gasteiger partial charge in [0.2, 0.25) is 0 Å². The van der Waals surface area contributed by atoms with Crippen LogP contribution in [0.15, 0.2) is 102 Å². The lowest BCUT2D eigenvalue weighted by atomic mass is 10.1. The molecule has 7 heteroatoms. The largest absolute Gasteiger partial charge is 0.494 e. The van der Waals surface area contributed by atoms with Crippen LogP contribution in [-0.4, -0.2) is 31.4 Å². The molecule has 4 rings (SSSR count). The Balaban J connectivity index is 1.19. The van der Waals surface area contributed by atoms with Gasteiger partial charge in [-0.2, -0.15) is 0 Å². The number of nitrogens with zero attached hydrogens (tertiary/aromatic N) is 1. The van der Waals surface area contributed by atoms with E-state index in [2.05, 4.69) is 18.8 Å². The van der Waals surface area contributed by atoms with Crippen molar-refractivity contribution in [2.75, 3.05) is 13.2 Å². The van der Waals surface area contributed by atoms with Gasteiger partial charge in [-0.1, -0.05) is 58.8 Å². The predicted octanol–water partition coefficient (Wildman–Crippen LogP) is 10.2. The van der Waals surface area contributed by atoms with Crippen LogP contribution in [0.2, 0.25) is 0 Å². The topological polar surface area (TPSA) is 83.4 Å². The summed E-state index contributed by atoms with van der Waals surface area (Å²) >= 11 is 0. The Labute approximate surface area is 278 Å². The van der Waals surface area contributed by atoms with Gasteiger partial charge in [-0.15, -0.1) is 0 Å². The van der Waals surface area contributed by atoms with E-state index in [1.165, 1.54) is 32.1 Å². The normalized spacial score (nSPS) is 10.9. The molecule has 47 heavy (non-hydrogen) atoms. The first-order valence-electron chi connectivity index (χ1n) is 16.7. The van der Waals surface area contributed by atoms with Crippen LogP contribution in [0.25, 0.3) is 0 Å². The summed E-state index contributed by atoms with van der Waals surface area (Å²) in [6.45, 7) is 5.71. The molecule has 0 N–H and O–H groups in total. The van der Waals surface area contributed by atoms with Gasteiger partial charge in [0.25, 0.3) is 0 Å². The molecule has 0 spiro atoms. The summed E-state index contributed by atoms with van der Waals surface area (Å²) in [5.74, 6) is 1.48. The fourth-order valence-electron chi connectivity index (χ4n) is 4.69. The maximum absolute atomic E-state index is 12.6. The highest BCUT2D eigenvalue weighted by Gasteiger charge is 2.10. The number of carbonyl (C=O) groups is 2. The lowest BCUT2D eigenvalue weighted by Crippen LogP contribution is -2.08. The van der Waals surface area contributed by atoms with Crippen molar-refractivity contribution in [2.45, 2.75) is 71.6 Å². The van der Waals surface area contributed by atoms with E-state index in [1.54, 1.807) is 91.1 Å². The minimum Gasteiger partial charge on any atom is -0.494 e. The standard InChI is InChI=1S/C40H45NO6/c1-3-5-7-8-9-11-29-45-36-24-16-33(17-25-36)40(43)47-38-26-18-34(19-27-38)41-30-31-12-20-37(21-13-31)46-39(42)32-14-22-35(23-15-32)44-28-10-6-4-2/h12-27,30H,3-11,28-29H2,1-2H3. The van der Waals surface area contributed by atoms with E-state index in [9.17, 15) is 9.59 Å². The summed E-state index contributed by atoms with van der Waals surface area (Å²) in [5.41, 5.74) is 2.44. The minimum atomic E-state index is -0.437. The Hall–Kier alpha value is -4.91. The first kappa shape index (κ1) is 35.0. The van der Waals surface area contributed by atoms with E-state index in [4.69, 9.17) is 18.9 Å². The number of ether oxygens (including phenoxy) is 4. The number of carbonyl (C=O) groups excluding carboxylic acids is 2. The molecule has 0 fully saturated rings. The highest BCUT2D eigenvalue weighted by molar-refractivity contribution is 5.92. The second-order valence-corrected chi connectivity index (χ2v) is 11.3. The molecule has 0 atom stereocenters. The zero-order valence-electron chi connectivity index (χ0n) is 27.5. The number of aliphatic imine (C=N–C) groups is 1. The average molecular weight is 636 g/mol. The van der Waals surface area contributed by atoms with Crippen LogP contribution >= 0.6 is 0 Å². The smallest absolute Gasteiger partial charge is 0.343 e. The lowest BCUT2D eigenvalue weighted by Gasteiger charge is -2.08. The third-order valence-electron chi connectivity index (χ3n) is 7.46. The molecular weight excluding hydrogens is 590 g/mol. The molecule has 246 valence electrons. The number of benzene rings is 4. The second kappa shape index (κ2) is 19.6. The van der Waals surface area contributed by atoms with E-state index in [0.29, 0.717) is 41.5 Å². The van der Waals surface area contributed by atoms with Gasteiger partial charge in [0.15, 0.2) is 0 Å². The van der Waals surface area contributed by atoms with Crippen molar-refractivity contribution >= 4 is 23.8 Å². The maximum atomic E-state index is 12.6. The molecule has 7 nitrogen and oxygen atoms in total. The molecule has 0 saturated carbocycles. The Morgan fingerprint density at radius 1 is 0.511 bits per heavy atom. The zero-order valence-corrected chi connectivity index (χ0v) is 27.5. The Bertz CT molecular complexity index is 1530. The Kier molecular flexibility index (Phi) is 14.6. The first-order valence-corrected chi connectivity index (χ1v) is 16.7. The third-order valence-corrected chi connectivity index (χ3v) is 7.46. The number of rotatable bonds is 19. The summed E-state index contributed by atoms with van der Waals surface area (Å²) in [5, 5.41) is 0. The Morgan fingerprint density at radius 3 is 1.43 bits per heavy atom. The molecule has 0 radical (unpaired) electrons. The van der Waals surface area contributed by atoms with Gasteiger partial charge in [-0.25, -0.2) is 9.59 Å². The average Bonchev–Trinajstić information content (AvgIpc) is 3.10.